The fourth-order valence-corrected chi connectivity index (χ4v) is 3.41. The first-order chi connectivity index (χ1) is 11.7. The number of nitrogens with two attached hydrogens (primary N) is 1. The third kappa shape index (κ3) is 2.84. The number of nitrogen functional groups attached to an aromatic ring is 1. The first kappa shape index (κ1) is 17.3. The van der Waals surface area contributed by atoms with Gasteiger partial charge in [0.25, 0.3) is 0 Å². The highest BCUT2D eigenvalue weighted by atomic mass is 35.5. The van der Waals surface area contributed by atoms with E-state index in [1.807, 2.05) is 70.8 Å². The van der Waals surface area contributed by atoms with Crippen LogP contribution in [0.4, 0.5) is 5.95 Å². The number of fused-ring (bicyclic) bond motifs is 2. The first-order valence-corrected chi connectivity index (χ1v) is 8.05. The molecule has 4 nitrogen and oxygen atoms in total. The van der Waals surface area contributed by atoms with Crippen LogP contribution in [0.5, 0.6) is 0 Å². The lowest BCUT2D eigenvalue weighted by atomic mass is 10.0. The van der Waals surface area contributed by atoms with Crippen LogP contribution in [0, 0.1) is 0 Å². The van der Waals surface area contributed by atoms with Crippen molar-refractivity contribution in [2.45, 2.75) is 12.6 Å². The van der Waals surface area contributed by atoms with Crippen molar-refractivity contribution in [3.05, 3.63) is 72.3 Å². The highest BCUT2D eigenvalue weighted by Crippen LogP contribution is 2.27. The Labute approximate surface area is 152 Å². The van der Waals surface area contributed by atoms with Gasteiger partial charge in [-0.05, 0) is 28.5 Å². The van der Waals surface area contributed by atoms with Gasteiger partial charge in [-0.2, -0.15) is 0 Å². The van der Waals surface area contributed by atoms with Gasteiger partial charge in [0.15, 0.2) is 0 Å². The summed E-state index contributed by atoms with van der Waals surface area (Å²) in [7, 11) is 1.94. The van der Waals surface area contributed by atoms with E-state index in [9.17, 15) is 5.11 Å². The molecule has 4 aromatic rings. The Morgan fingerprint density at radius 3 is 2.52 bits per heavy atom. The van der Waals surface area contributed by atoms with Gasteiger partial charge in [0, 0.05) is 0 Å². The molecule has 4 rings (SSSR count). The molecule has 0 spiro atoms. The summed E-state index contributed by atoms with van der Waals surface area (Å²) in [5, 5.41) is 13.1. The van der Waals surface area contributed by atoms with Crippen molar-refractivity contribution in [2.24, 2.45) is 7.05 Å². The third-order valence-electron chi connectivity index (χ3n) is 4.69. The predicted octanol–water partition coefficient (Wildman–Crippen LogP) is -0.0612. The topological polar surface area (TPSA) is 55.1 Å². The van der Waals surface area contributed by atoms with Crippen molar-refractivity contribution in [3.63, 3.8) is 0 Å². The Hall–Kier alpha value is -2.56. The molecule has 0 aliphatic heterocycles. The number of halogens is 1. The summed E-state index contributed by atoms with van der Waals surface area (Å²) in [6.07, 6.45) is -0.630. The Balaban J connectivity index is 0.00000182. The number of hydrogen-bond acceptors (Lipinski definition) is 2. The molecule has 1 unspecified atom stereocenters. The van der Waals surface area contributed by atoms with E-state index in [1.54, 1.807) is 0 Å². The molecular formula is C20H20ClN3O. The molecule has 0 aliphatic rings. The van der Waals surface area contributed by atoms with Crippen molar-refractivity contribution in [1.29, 1.82) is 0 Å². The number of nitrogens with zero attached hydrogens (tertiary/aromatic N) is 2. The fourth-order valence-electron chi connectivity index (χ4n) is 3.41. The van der Waals surface area contributed by atoms with Crippen LogP contribution in [-0.2, 0) is 13.6 Å². The molecule has 3 aromatic carbocycles. The highest BCUT2D eigenvalue weighted by molar-refractivity contribution is 5.86. The van der Waals surface area contributed by atoms with Crippen LogP contribution in [0.25, 0.3) is 21.8 Å². The van der Waals surface area contributed by atoms with Gasteiger partial charge in [0.05, 0.1) is 7.05 Å². The van der Waals surface area contributed by atoms with Crippen molar-refractivity contribution in [2.75, 3.05) is 5.73 Å². The molecule has 0 bridgehead atoms. The zero-order valence-electron chi connectivity index (χ0n) is 13.9. The van der Waals surface area contributed by atoms with E-state index < -0.39 is 6.10 Å². The Kier molecular flexibility index (Phi) is 4.66. The van der Waals surface area contributed by atoms with E-state index in [0.29, 0.717) is 12.5 Å². The summed E-state index contributed by atoms with van der Waals surface area (Å²) in [6, 6.07) is 22.2. The number of benzene rings is 3. The van der Waals surface area contributed by atoms with Gasteiger partial charge in [-0.25, -0.2) is 9.13 Å². The SMILES string of the molecule is C[n+]1c(N)n(CC(O)c2cccc3ccccc23)c2ccccc21.[Cl-]. The van der Waals surface area contributed by atoms with Crippen molar-refractivity contribution in [3.8, 4) is 0 Å². The quantitative estimate of drug-likeness (QED) is 0.507. The third-order valence-corrected chi connectivity index (χ3v) is 4.69. The van der Waals surface area contributed by atoms with Crippen molar-refractivity contribution in [1.82, 2.24) is 4.57 Å². The first-order valence-electron chi connectivity index (χ1n) is 8.05. The van der Waals surface area contributed by atoms with E-state index >= 15 is 0 Å². The normalized spacial score (nSPS) is 12.2. The van der Waals surface area contributed by atoms with Crippen molar-refractivity contribution >= 4 is 27.8 Å². The lowest BCUT2D eigenvalue weighted by Gasteiger charge is -2.13. The molecule has 0 saturated carbocycles. The van der Waals surface area contributed by atoms with E-state index in [0.717, 1.165) is 27.4 Å². The van der Waals surface area contributed by atoms with E-state index in [1.165, 1.54) is 0 Å². The summed E-state index contributed by atoms with van der Waals surface area (Å²) in [4.78, 5) is 0. The number of aromatic nitrogens is 2. The lowest BCUT2D eigenvalue weighted by Crippen LogP contribution is -3.00. The number of aliphatic hydroxyl groups is 1. The minimum atomic E-state index is -0.630. The van der Waals surface area contributed by atoms with E-state index in [2.05, 4.69) is 12.1 Å². The van der Waals surface area contributed by atoms with Crippen molar-refractivity contribution < 1.29 is 22.1 Å². The van der Waals surface area contributed by atoms with Gasteiger partial charge in [-0.15, -0.1) is 0 Å². The molecule has 1 atom stereocenters. The zero-order chi connectivity index (χ0) is 16.7. The fraction of sp³-hybridized carbons (Fsp3) is 0.150. The molecule has 1 heterocycles. The van der Waals surface area contributed by atoms with E-state index in [4.69, 9.17) is 5.73 Å². The molecule has 5 heteroatoms. The lowest BCUT2D eigenvalue weighted by molar-refractivity contribution is -0.630. The second-order valence-corrected chi connectivity index (χ2v) is 6.10. The second-order valence-electron chi connectivity index (χ2n) is 6.10. The molecule has 3 N–H and O–H groups in total. The monoisotopic (exact) mass is 353 g/mol. The summed E-state index contributed by atoms with van der Waals surface area (Å²) in [6.45, 7) is 0.418. The maximum absolute atomic E-state index is 10.9. The van der Waals surface area contributed by atoms with Gasteiger partial charge in [-0.1, -0.05) is 54.6 Å². The number of anilines is 1. The molecule has 128 valence electrons. The zero-order valence-corrected chi connectivity index (χ0v) is 14.7. The molecule has 0 aliphatic carbocycles. The maximum Gasteiger partial charge on any atom is 0.355 e. The molecule has 0 saturated heterocycles. The Morgan fingerprint density at radius 2 is 1.68 bits per heavy atom. The van der Waals surface area contributed by atoms with Crippen LogP contribution < -0.4 is 22.7 Å². The molecular weight excluding hydrogens is 334 g/mol. The number of hydrogen-bond donors (Lipinski definition) is 2. The van der Waals surface area contributed by atoms with Gasteiger partial charge >= 0.3 is 5.95 Å². The summed E-state index contributed by atoms with van der Waals surface area (Å²) in [5.41, 5.74) is 9.27. The largest absolute Gasteiger partial charge is 1.00 e. The average molecular weight is 354 g/mol. The number of aryl methyl sites for hydroxylation is 1. The van der Waals surface area contributed by atoms with Crippen LogP contribution in [-0.4, -0.2) is 9.67 Å². The Morgan fingerprint density at radius 1 is 1.00 bits per heavy atom. The number of aliphatic hydroxyl groups excluding tert-OH is 1. The van der Waals surface area contributed by atoms with Crippen LogP contribution in [0.15, 0.2) is 66.7 Å². The van der Waals surface area contributed by atoms with Gasteiger partial charge in [-0.3, -0.25) is 5.73 Å². The summed E-state index contributed by atoms with van der Waals surface area (Å²) in [5.74, 6) is 0.635. The molecule has 25 heavy (non-hydrogen) atoms. The number of imidazole rings is 1. The average Bonchev–Trinajstić information content (AvgIpc) is 2.86. The number of rotatable bonds is 3. The predicted molar refractivity (Wildman–Crippen MR) is 96.4 cm³/mol. The molecule has 0 radical (unpaired) electrons. The molecule has 0 amide bonds. The minimum absolute atomic E-state index is 0. The van der Waals surface area contributed by atoms with Crippen LogP contribution in [0.2, 0.25) is 0 Å². The number of para-hydroxylation sites is 2. The standard InChI is InChI=1S/C20H19N3O.ClH/c1-22-17-11-4-5-12-18(17)23(20(22)21)13-19(24)16-10-6-8-14-7-2-3-9-15(14)16;/h2-12,19,21,24H,13H2,1H3;1H. The van der Waals surface area contributed by atoms with Gasteiger partial charge < -0.3 is 17.5 Å². The molecule has 1 aromatic heterocycles. The second kappa shape index (κ2) is 6.75. The maximum atomic E-state index is 10.9. The minimum Gasteiger partial charge on any atom is -1.00 e. The highest BCUT2D eigenvalue weighted by Gasteiger charge is 2.22. The van der Waals surface area contributed by atoms with E-state index in [-0.39, 0.29) is 12.4 Å². The van der Waals surface area contributed by atoms with Crippen LogP contribution in [0.1, 0.15) is 11.7 Å². The summed E-state index contributed by atoms with van der Waals surface area (Å²) < 4.78 is 3.92. The Bertz CT molecular complexity index is 1040. The van der Waals surface area contributed by atoms with Crippen LogP contribution >= 0.6 is 0 Å². The van der Waals surface area contributed by atoms with Gasteiger partial charge in [0.2, 0.25) is 0 Å². The van der Waals surface area contributed by atoms with Crippen LogP contribution in [0.3, 0.4) is 0 Å². The summed E-state index contributed by atoms with van der Waals surface area (Å²) >= 11 is 0. The van der Waals surface area contributed by atoms with Gasteiger partial charge in [0.1, 0.15) is 23.7 Å². The smallest absolute Gasteiger partial charge is 0.355 e. The molecule has 0 fully saturated rings.